The molecule has 2 heterocycles. The highest BCUT2D eigenvalue weighted by Crippen LogP contribution is 2.42. The SMILES string of the molecule is CCCc1cc(Cl)cc(Br)c1C(C/C=C\C(Br)=C/N)C1CCN(C(=O)CC2CCN(C(N)=O)CC2)CC1. The maximum atomic E-state index is 13.1. The van der Waals surface area contributed by atoms with E-state index in [0.29, 0.717) is 37.3 Å². The number of allylic oxidation sites excluding steroid dienone is 3. The number of hydrogen-bond donors (Lipinski definition) is 2. The normalized spacial score (nSPS) is 19.0. The summed E-state index contributed by atoms with van der Waals surface area (Å²) >= 11 is 13.7. The molecule has 1 aromatic rings. The van der Waals surface area contributed by atoms with Crippen LogP contribution in [0.4, 0.5) is 4.79 Å². The van der Waals surface area contributed by atoms with Gasteiger partial charge in [0.05, 0.1) is 0 Å². The first-order chi connectivity index (χ1) is 17.7. The minimum atomic E-state index is -0.364. The van der Waals surface area contributed by atoms with E-state index in [2.05, 4.69) is 50.9 Å². The van der Waals surface area contributed by atoms with Crippen molar-refractivity contribution in [1.82, 2.24) is 9.80 Å². The highest BCUT2D eigenvalue weighted by atomic mass is 79.9. The molecule has 0 spiro atoms. The number of hydrogen-bond acceptors (Lipinski definition) is 3. The molecule has 37 heavy (non-hydrogen) atoms. The van der Waals surface area contributed by atoms with Crippen molar-refractivity contribution in [2.24, 2.45) is 23.3 Å². The van der Waals surface area contributed by atoms with Gasteiger partial charge in [0.15, 0.2) is 0 Å². The summed E-state index contributed by atoms with van der Waals surface area (Å²) in [4.78, 5) is 28.2. The molecule has 3 amide bonds. The van der Waals surface area contributed by atoms with Crippen molar-refractivity contribution >= 4 is 55.4 Å². The second-order valence-electron chi connectivity index (χ2n) is 10.2. The van der Waals surface area contributed by atoms with E-state index in [1.165, 1.54) is 11.1 Å². The molecule has 2 aliphatic rings. The van der Waals surface area contributed by atoms with Gasteiger partial charge in [-0.1, -0.05) is 53.0 Å². The van der Waals surface area contributed by atoms with Crippen LogP contribution in [0.15, 0.2) is 39.4 Å². The fourth-order valence-electron chi connectivity index (χ4n) is 5.74. The van der Waals surface area contributed by atoms with Gasteiger partial charge >= 0.3 is 6.03 Å². The van der Waals surface area contributed by atoms with Crippen molar-refractivity contribution in [2.75, 3.05) is 26.2 Å². The Morgan fingerprint density at radius 3 is 2.38 bits per heavy atom. The quantitative estimate of drug-likeness (QED) is 0.290. The predicted molar refractivity (Wildman–Crippen MR) is 159 cm³/mol. The third kappa shape index (κ3) is 8.49. The van der Waals surface area contributed by atoms with E-state index in [0.717, 1.165) is 72.0 Å². The van der Waals surface area contributed by atoms with Gasteiger partial charge in [-0.25, -0.2) is 4.79 Å². The van der Waals surface area contributed by atoms with Crippen molar-refractivity contribution in [2.45, 2.75) is 64.2 Å². The number of aryl methyl sites for hydroxylation is 1. The van der Waals surface area contributed by atoms with Crippen LogP contribution in [-0.2, 0) is 11.2 Å². The Balaban J connectivity index is 1.69. The summed E-state index contributed by atoms with van der Waals surface area (Å²) in [5, 5.41) is 0.754. The summed E-state index contributed by atoms with van der Waals surface area (Å²) in [7, 11) is 0. The van der Waals surface area contributed by atoms with E-state index in [-0.39, 0.29) is 11.9 Å². The summed E-state index contributed by atoms with van der Waals surface area (Å²) < 4.78 is 1.92. The molecule has 0 aliphatic carbocycles. The summed E-state index contributed by atoms with van der Waals surface area (Å²) in [6.07, 6.45) is 12.9. The topological polar surface area (TPSA) is 92.7 Å². The van der Waals surface area contributed by atoms with Crippen LogP contribution in [0, 0.1) is 11.8 Å². The maximum absolute atomic E-state index is 13.1. The van der Waals surface area contributed by atoms with Gasteiger partial charge in [-0.3, -0.25) is 4.79 Å². The van der Waals surface area contributed by atoms with Crippen LogP contribution >= 0.6 is 43.5 Å². The Kier molecular flexibility index (Phi) is 11.8. The Labute approximate surface area is 243 Å². The fraction of sp³-hybridized carbons (Fsp3) is 0.571. The van der Waals surface area contributed by atoms with Gasteiger partial charge < -0.3 is 21.3 Å². The standard InChI is InChI=1S/C28H39Br2ClN4O2/c1-2-4-21-16-23(31)17-25(30)27(21)24(6-3-5-22(29)18-32)20-9-13-34(14-10-20)26(36)15-19-7-11-35(12-8-19)28(33)37/h3,5,16-20,24H,2,4,6-15,32H2,1H3,(H2,33,37)/b5-3-,22-18+. The first-order valence-electron chi connectivity index (χ1n) is 13.3. The van der Waals surface area contributed by atoms with Crippen LogP contribution < -0.4 is 11.5 Å². The molecular weight excluding hydrogens is 620 g/mol. The summed E-state index contributed by atoms with van der Waals surface area (Å²) in [6, 6.07) is 3.75. The molecular formula is C28H39Br2ClN4O2. The Morgan fingerprint density at radius 1 is 1.14 bits per heavy atom. The van der Waals surface area contributed by atoms with Gasteiger partial charge in [0.2, 0.25) is 5.91 Å². The van der Waals surface area contributed by atoms with Gasteiger partial charge in [-0.05, 0) is 95.5 Å². The fourth-order valence-corrected chi connectivity index (χ4v) is 7.10. The first kappa shape index (κ1) is 30.0. The number of amides is 3. The second-order valence-corrected chi connectivity index (χ2v) is 12.4. The predicted octanol–water partition coefficient (Wildman–Crippen LogP) is 6.70. The number of nitrogens with zero attached hydrogens (tertiary/aromatic N) is 2. The van der Waals surface area contributed by atoms with E-state index in [1.54, 1.807) is 11.1 Å². The number of primary amides is 1. The molecule has 2 fully saturated rings. The number of halogens is 3. The lowest BCUT2D eigenvalue weighted by Crippen LogP contribution is -2.44. The van der Waals surface area contributed by atoms with E-state index < -0.39 is 0 Å². The number of urea groups is 1. The Bertz CT molecular complexity index is 1000. The summed E-state index contributed by atoms with van der Waals surface area (Å²) in [5.74, 6) is 1.34. The highest BCUT2D eigenvalue weighted by molar-refractivity contribution is 9.12. The maximum Gasteiger partial charge on any atom is 0.314 e. The first-order valence-corrected chi connectivity index (χ1v) is 15.2. The van der Waals surface area contributed by atoms with Crippen molar-refractivity contribution in [3.8, 4) is 0 Å². The van der Waals surface area contributed by atoms with Crippen LogP contribution in [0.3, 0.4) is 0 Å². The molecule has 0 radical (unpaired) electrons. The number of benzene rings is 1. The molecule has 1 aromatic carbocycles. The van der Waals surface area contributed by atoms with E-state index >= 15 is 0 Å². The lowest BCUT2D eigenvalue weighted by atomic mass is 9.76. The van der Waals surface area contributed by atoms with E-state index in [9.17, 15) is 9.59 Å². The Hall–Kier alpha value is -1.51. The van der Waals surface area contributed by atoms with Crippen molar-refractivity contribution in [3.05, 3.63) is 55.6 Å². The van der Waals surface area contributed by atoms with Crippen LogP contribution in [0.5, 0.6) is 0 Å². The smallest absolute Gasteiger partial charge is 0.314 e. The number of carbonyl (C=O) groups is 2. The average molecular weight is 659 g/mol. The minimum Gasteiger partial charge on any atom is -0.404 e. The molecule has 0 bridgehead atoms. The van der Waals surface area contributed by atoms with Gasteiger partial charge in [0.25, 0.3) is 0 Å². The molecule has 1 atom stereocenters. The average Bonchev–Trinajstić information content (AvgIpc) is 2.87. The number of nitrogens with two attached hydrogens (primary N) is 2. The van der Waals surface area contributed by atoms with Crippen molar-refractivity contribution in [1.29, 1.82) is 0 Å². The molecule has 3 rings (SSSR count). The second kappa shape index (κ2) is 14.6. The van der Waals surface area contributed by atoms with Crippen LogP contribution in [0.2, 0.25) is 5.02 Å². The molecule has 4 N–H and O–H groups in total. The van der Waals surface area contributed by atoms with Crippen molar-refractivity contribution < 1.29 is 9.59 Å². The molecule has 1 unspecified atom stereocenters. The number of piperidine rings is 2. The molecule has 9 heteroatoms. The molecule has 2 saturated heterocycles. The van der Waals surface area contributed by atoms with Crippen molar-refractivity contribution in [3.63, 3.8) is 0 Å². The number of likely N-dealkylation sites (tertiary alicyclic amines) is 2. The molecule has 6 nitrogen and oxygen atoms in total. The molecule has 2 aliphatic heterocycles. The van der Waals surface area contributed by atoms with Gasteiger partial charge in [-0.15, -0.1) is 0 Å². The lowest BCUT2D eigenvalue weighted by molar-refractivity contribution is -0.134. The van der Waals surface area contributed by atoms with E-state index in [4.69, 9.17) is 23.1 Å². The zero-order valence-corrected chi connectivity index (χ0v) is 25.5. The van der Waals surface area contributed by atoms with Gasteiger partial charge in [-0.2, -0.15) is 0 Å². The number of rotatable bonds is 9. The van der Waals surface area contributed by atoms with Crippen LogP contribution in [-0.4, -0.2) is 47.9 Å². The highest BCUT2D eigenvalue weighted by Gasteiger charge is 2.32. The minimum absolute atomic E-state index is 0.240. The summed E-state index contributed by atoms with van der Waals surface area (Å²) in [6.45, 7) is 5.06. The summed E-state index contributed by atoms with van der Waals surface area (Å²) in [5.41, 5.74) is 13.7. The van der Waals surface area contributed by atoms with Gasteiger partial charge in [0, 0.05) is 52.8 Å². The molecule has 0 aromatic heterocycles. The van der Waals surface area contributed by atoms with Crippen LogP contribution in [0.1, 0.15) is 68.9 Å². The molecule has 0 saturated carbocycles. The number of carbonyl (C=O) groups excluding carboxylic acids is 2. The van der Waals surface area contributed by atoms with Crippen LogP contribution in [0.25, 0.3) is 0 Å². The zero-order chi connectivity index (χ0) is 26.9. The monoisotopic (exact) mass is 656 g/mol. The lowest BCUT2D eigenvalue weighted by Gasteiger charge is -2.38. The van der Waals surface area contributed by atoms with Gasteiger partial charge in [0.1, 0.15) is 0 Å². The molecule has 204 valence electrons. The Morgan fingerprint density at radius 2 is 1.78 bits per heavy atom. The third-order valence-corrected chi connectivity index (χ3v) is 9.15. The van der Waals surface area contributed by atoms with E-state index in [1.807, 2.05) is 17.0 Å². The zero-order valence-electron chi connectivity index (χ0n) is 21.6. The largest absolute Gasteiger partial charge is 0.404 e. The third-order valence-electron chi connectivity index (χ3n) is 7.75.